The summed E-state index contributed by atoms with van der Waals surface area (Å²) in [7, 11) is 0. The van der Waals surface area contributed by atoms with Crippen LogP contribution < -0.4 is 0 Å². The molecule has 0 heterocycles. The molecule has 4 nitrogen and oxygen atoms in total. The van der Waals surface area contributed by atoms with Crippen LogP contribution in [-0.2, 0) is 19.7 Å². The lowest BCUT2D eigenvalue weighted by atomic mass is 9.72. The fourth-order valence-corrected chi connectivity index (χ4v) is 4.60. The first-order valence-corrected chi connectivity index (χ1v) is 9.54. The molecule has 142 valence electrons. The smallest absolute Gasteiger partial charge is 0.303 e. The number of carboxylic acids is 1. The van der Waals surface area contributed by atoms with E-state index in [1.165, 1.54) is 0 Å². The van der Waals surface area contributed by atoms with E-state index >= 15 is 0 Å². The SMILES string of the molecule is O=COCCC1(CCC(=O)O)c2ccc(Cl)cc2-c2cc3ccccc3cc21. The van der Waals surface area contributed by atoms with E-state index in [1.807, 2.05) is 30.3 Å². The maximum absolute atomic E-state index is 11.4. The Morgan fingerprint density at radius 3 is 2.43 bits per heavy atom. The number of hydrogen-bond acceptors (Lipinski definition) is 3. The van der Waals surface area contributed by atoms with E-state index in [0.717, 1.165) is 33.0 Å². The van der Waals surface area contributed by atoms with Gasteiger partial charge in [0.1, 0.15) is 0 Å². The Morgan fingerprint density at radius 2 is 1.71 bits per heavy atom. The molecule has 1 atom stereocenters. The molecule has 28 heavy (non-hydrogen) atoms. The summed E-state index contributed by atoms with van der Waals surface area (Å²) in [6.45, 7) is 0.654. The number of halogens is 1. The van der Waals surface area contributed by atoms with Crippen molar-refractivity contribution in [3.05, 3.63) is 70.7 Å². The topological polar surface area (TPSA) is 63.6 Å². The summed E-state index contributed by atoms with van der Waals surface area (Å²) in [4.78, 5) is 22.1. The lowest BCUT2D eigenvalue weighted by Crippen LogP contribution is -2.28. The molecule has 0 amide bonds. The first-order chi connectivity index (χ1) is 13.5. The summed E-state index contributed by atoms with van der Waals surface area (Å²) < 4.78 is 5.01. The van der Waals surface area contributed by atoms with Crippen molar-refractivity contribution >= 4 is 34.8 Å². The summed E-state index contributed by atoms with van der Waals surface area (Å²) in [5.41, 5.74) is 3.65. The average Bonchev–Trinajstić information content (AvgIpc) is 2.94. The van der Waals surface area contributed by atoms with Gasteiger partial charge < -0.3 is 9.84 Å². The van der Waals surface area contributed by atoms with Crippen molar-refractivity contribution < 1.29 is 19.4 Å². The summed E-state index contributed by atoms with van der Waals surface area (Å²) in [6.07, 6.45) is 0.957. The van der Waals surface area contributed by atoms with Crippen LogP contribution in [0.2, 0.25) is 5.02 Å². The van der Waals surface area contributed by atoms with Crippen LogP contribution in [0.25, 0.3) is 21.9 Å². The molecule has 0 radical (unpaired) electrons. The van der Waals surface area contributed by atoms with Gasteiger partial charge in [0.2, 0.25) is 0 Å². The second kappa shape index (κ2) is 7.28. The van der Waals surface area contributed by atoms with Gasteiger partial charge in [-0.25, -0.2) is 0 Å². The molecule has 0 aromatic heterocycles. The van der Waals surface area contributed by atoms with Crippen LogP contribution in [0.5, 0.6) is 0 Å². The Kier molecular flexibility index (Phi) is 4.82. The van der Waals surface area contributed by atoms with Crippen LogP contribution in [0.4, 0.5) is 0 Å². The number of benzene rings is 3. The van der Waals surface area contributed by atoms with Gasteiger partial charge in [-0.2, -0.15) is 0 Å². The predicted octanol–water partition coefficient (Wildman–Crippen LogP) is 5.19. The fraction of sp³-hybridized carbons (Fsp3) is 0.217. The summed E-state index contributed by atoms with van der Waals surface area (Å²) >= 11 is 6.29. The van der Waals surface area contributed by atoms with Gasteiger partial charge in [-0.15, -0.1) is 0 Å². The Balaban J connectivity index is 1.97. The highest BCUT2D eigenvalue weighted by molar-refractivity contribution is 6.31. The second-order valence-electron chi connectivity index (χ2n) is 7.13. The average molecular weight is 395 g/mol. The van der Waals surface area contributed by atoms with Crippen LogP contribution in [0.3, 0.4) is 0 Å². The number of hydrogen-bond donors (Lipinski definition) is 1. The van der Waals surface area contributed by atoms with E-state index in [4.69, 9.17) is 16.3 Å². The molecule has 0 aliphatic heterocycles. The van der Waals surface area contributed by atoms with Crippen molar-refractivity contribution in [1.82, 2.24) is 0 Å². The molecule has 4 rings (SSSR count). The summed E-state index contributed by atoms with van der Waals surface area (Å²) in [5, 5.41) is 12.2. The number of aliphatic carboxylic acids is 1. The van der Waals surface area contributed by atoms with E-state index in [-0.39, 0.29) is 13.0 Å². The highest BCUT2D eigenvalue weighted by Gasteiger charge is 2.43. The van der Waals surface area contributed by atoms with Gasteiger partial charge in [0, 0.05) is 16.9 Å². The monoisotopic (exact) mass is 394 g/mol. The number of carbonyl (C=O) groups excluding carboxylic acids is 1. The first-order valence-electron chi connectivity index (χ1n) is 9.16. The molecule has 0 saturated heterocycles. The minimum atomic E-state index is -0.847. The van der Waals surface area contributed by atoms with Gasteiger partial charge in [-0.1, -0.05) is 41.9 Å². The molecule has 1 N–H and O–H groups in total. The van der Waals surface area contributed by atoms with E-state index in [1.54, 1.807) is 0 Å². The van der Waals surface area contributed by atoms with Crippen LogP contribution in [0, 0.1) is 0 Å². The van der Waals surface area contributed by atoms with E-state index < -0.39 is 11.4 Å². The van der Waals surface area contributed by atoms with Crippen molar-refractivity contribution in [2.24, 2.45) is 0 Å². The van der Waals surface area contributed by atoms with Crippen molar-refractivity contribution in [1.29, 1.82) is 0 Å². The van der Waals surface area contributed by atoms with Crippen LogP contribution in [0.1, 0.15) is 30.4 Å². The fourth-order valence-electron chi connectivity index (χ4n) is 4.43. The zero-order valence-electron chi connectivity index (χ0n) is 15.2. The first kappa shape index (κ1) is 18.5. The minimum absolute atomic E-state index is 0.0232. The van der Waals surface area contributed by atoms with Gasteiger partial charge in [-0.05, 0) is 70.1 Å². The van der Waals surface area contributed by atoms with Gasteiger partial charge in [0.05, 0.1) is 6.61 Å². The molecule has 1 unspecified atom stereocenters. The van der Waals surface area contributed by atoms with Gasteiger partial charge in [0.15, 0.2) is 0 Å². The van der Waals surface area contributed by atoms with E-state index in [9.17, 15) is 14.7 Å². The third-order valence-electron chi connectivity index (χ3n) is 5.67. The highest BCUT2D eigenvalue weighted by atomic mass is 35.5. The molecule has 1 aliphatic carbocycles. The molecule has 0 bridgehead atoms. The zero-order chi connectivity index (χ0) is 19.7. The standard InChI is InChI=1S/C23H19ClO4/c24-17-5-6-20-19(13-17)18-11-15-3-1-2-4-16(15)12-21(18)23(20,8-7-22(26)27)9-10-28-14-25/h1-6,11-14H,7-10H2,(H,26,27). The molecule has 0 saturated carbocycles. The highest BCUT2D eigenvalue weighted by Crippen LogP contribution is 2.54. The Hall–Kier alpha value is -2.85. The number of fused-ring (bicyclic) bond motifs is 4. The third-order valence-corrected chi connectivity index (χ3v) is 5.90. The van der Waals surface area contributed by atoms with Gasteiger partial charge in [0.25, 0.3) is 6.47 Å². The third kappa shape index (κ3) is 3.04. The van der Waals surface area contributed by atoms with Crippen molar-refractivity contribution in [2.75, 3.05) is 6.61 Å². The molecule has 3 aromatic rings. The molecular weight excluding hydrogens is 376 g/mol. The lowest BCUT2D eigenvalue weighted by Gasteiger charge is -2.31. The molecule has 0 fully saturated rings. The van der Waals surface area contributed by atoms with E-state index in [2.05, 4.69) is 24.3 Å². The number of carboxylic acid groups (broad SMARTS) is 1. The summed E-state index contributed by atoms with van der Waals surface area (Å²) in [5.74, 6) is -0.847. The zero-order valence-corrected chi connectivity index (χ0v) is 15.9. The summed E-state index contributed by atoms with van der Waals surface area (Å²) in [6, 6.07) is 18.1. The van der Waals surface area contributed by atoms with Crippen LogP contribution in [0.15, 0.2) is 54.6 Å². The second-order valence-corrected chi connectivity index (χ2v) is 7.56. The van der Waals surface area contributed by atoms with Gasteiger partial charge >= 0.3 is 5.97 Å². The predicted molar refractivity (Wildman–Crippen MR) is 109 cm³/mol. The Bertz CT molecular complexity index is 1080. The number of carbonyl (C=O) groups is 2. The van der Waals surface area contributed by atoms with Crippen LogP contribution >= 0.6 is 11.6 Å². The lowest BCUT2D eigenvalue weighted by molar-refractivity contribution is -0.137. The molecule has 5 heteroatoms. The molecule has 1 aliphatic rings. The Labute approximate surface area is 167 Å². The minimum Gasteiger partial charge on any atom is -0.481 e. The number of ether oxygens (including phenoxy) is 1. The molecule has 0 spiro atoms. The largest absolute Gasteiger partial charge is 0.481 e. The van der Waals surface area contributed by atoms with E-state index in [0.29, 0.717) is 24.3 Å². The van der Waals surface area contributed by atoms with Crippen molar-refractivity contribution in [2.45, 2.75) is 24.7 Å². The maximum atomic E-state index is 11.4. The maximum Gasteiger partial charge on any atom is 0.303 e. The van der Waals surface area contributed by atoms with Gasteiger partial charge in [-0.3, -0.25) is 9.59 Å². The molecule has 3 aromatic carbocycles. The van der Waals surface area contributed by atoms with Crippen LogP contribution in [-0.4, -0.2) is 24.2 Å². The quantitative estimate of drug-likeness (QED) is 0.442. The molecular formula is C23H19ClO4. The van der Waals surface area contributed by atoms with Crippen molar-refractivity contribution in [3.8, 4) is 11.1 Å². The van der Waals surface area contributed by atoms with Crippen molar-refractivity contribution in [3.63, 3.8) is 0 Å². The Morgan fingerprint density at radius 1 is 1.00 bits per heavy atom. The normalized spacial score (nSPS) is 17.2. The number of rotatable bonds is 7.